The van der Waals surface area contributed by atoms with Crippen LogP contribution in [0.1, 0.15) is 34.6 Å². The molecule has 4 heteroatoms. The van der Waals surface area contributed by atoms with Crippen molar-refractivity contribution in [1.82, 2.24) is 5.32 Å². The van der Waals surface area contributed by atoms with E-state index >= 15 is 0 Å². The van der Waals surface area contributed by atoms with Crippen molar-refractivity contribution in [3.05, 3.63) is 11.8 Å². The Bertz CT molecular complexity index is 262. The van der Waals surface area contributed by atoms with Gasteiger partial charge in [-0.1, -0.05) is 0 Å². The van der Waals surface area contributed by atoms with Crippen molar-refractivity contribution in [2.75, 3.05) is 0 Å². The zero-order valence-electron chi connectivity index (χ0n) is 9.39. The molecule has 0 unspecified atom stereocenters. The van der Waals surface area contributed by atoms with E-state index in [9.17, 15) is 4.79 Å². The van der Waals surface area contributed by atoms with Crippen LogP contribution in [0.25, 0.3) is 0 Å². The molecule has 80 valence electrons. The van der Waals surface area contributed by atoms with E-state index in [1.165, 1.54) is 0 Å². The highest BCUT2D eigenvalue weighted by Crippen LogP contribution is 2.06. The second kappa shape index (κ2) is 4.79. The summed E-state index contributed by atoms with van der Waals surface area (Å²) in [5, 5.41) is 9.71. The van der Waals surface area contributed by atoms with Crippen LogP contribution in [-0.2, 0) is 4.74 Å². The average molecular weight is 198 g/mol. The first-order valence-corrected chi connectivity index (χ1v) is 4.44. The molecule has 0 aliphatic carbocycles. The minimum Gasteiger partial charge on any atom is -0.444 e. The van der Waals surface area contributed by atoms with Crippen LogP contribution < -0.4 is 5.32 Å². The van der Waals surface area contributed by atoms with Crippen LogP contribution in [-0.4, -0.2) is 17.4 Å². The predicted molar refractivity (Wildman–Crippen MR) is 56.5 cm³/mol. The van der Waals surface area contributed by atoms with Gasteiger partial charge in [-0.3, -0.25) is 5.32 Å². The van der Waals surface area contributed by atoms with Crippen LogP contribution in [0.5, 0.6) is 0 Å². The topological polar surface area (TPSA) is 62.2 Å². The van der Waals surface area contributed by atoms with Gasteiger partial charge < -0.3 is 10.1 Å². The molecule has 0 fully saturated rings. The lowest BCUT2D eigenvalue weighted by Gasteiger charge is -2.19. The van der Waals surface area contributed by atoms with Gasteiger partial charge in [0.05, 0.1) is 0 Å². The van der Waals surface area contributed by atoms with Crippen molar-refractivity contribution in [3.8, 4) is 0 Å². The van der Waals surface area contributed by atoms with Crippen LogP contribution >= 0.6 is 0 Å². The smallest absolute Gasteiger partial charge is 0.411 e. The van der Waals surface area contributed by atoms with Gasteiger partial charge in [0.2, 0.25) is 0 Å². The molecular weight excluding hydrogens is 180 g/mol. The number of carbonyl (C=O) groups is 1. The first kappa shape index (κ1) is 12.7. The molecule has 0 bridgehead atoms. The first-order valence-electron chi connectivity index (χ1n) is 4.44. The summed E-state index contributed by atoms with van der Waals surface area (Å²) in [4.78, 5) is 11.2. The molecule has 0 aromatic rings. The van der Waals surface area contributed by atoms with E-state index in [4.69, 9.17) is 10.1 Å². The van der Waals surface area contributed by atoms with Crippen LogP contribution in [0, 0.1) is 5.41 Å². The Morgan fingerprint density at radius 1 is 1.36 bits per heavy atom. The lowest BCUT2D eigenvalue weighted by Crippen LogP contribution is -2.31. The number of hydrogen-bond donors (Lipinski definition) is 2. The van der Waals surface area contributed by atoms with E-state index in [1.807, 2.05) is 0 Å². The molecule has 0 aromatic carbocycles. The Morgan fingerprint density at radius 3 is 2.21 bits per heavy atom. The summed E-state index contributed by atoms with van der Waals surface area (Å²) in [5.74, 6) is 0. The Balaban J connectivity index is 4.14. The normalized spacial score (nSPS) is 12.2. The lowest BCUT2D eigenvalue weighted by atomic mass is 10.2. The van der Waals surface area contributed by atoms with Crippen molar-refractivity contribution in [3.63, 3.8) is 0 Å². The summed E-state index contributed by atoms with van der Waals surface area (Å²) >= 11 is 0. The van der Waals surface area contributed by atoms with Crippen LogP contribution in [0.15, 0.2) is 11.8 Å². The third-order valence-electron chi connectivity index (χ3n) is 1.13. The fourth-order valence-electron chi connectivity index (χ4n) is 0.825. The maximum absolute atomic E-state index is 11.2. The molecule has 2 N–H and O–H groups in total. The largest absolute Gasteiger partial charge is 0.444 e. The Hall–Kier alpha value is -1.32. The summed E-state index contributed by atoms with van der Waals surface area (Å²) in [7, 11) is 0. The maximum atomic E-state index is 11.2. The molecule has 0 aliphatic rings. The molecule has 0 heterocycles. The molecule has 14 heavy (non-hydrogen) atoms. The predicted octanol–water partition coefficient (Wildman–Crippen LogP) is 2.45. The number of carbonyl (C=O) groups excluding carboxylic acids is 1. The third kappa shape index (κ3) is 7.34. The molecule has 0 radical (unpaired) electrons. The highest BCUT2D eigenvalue weighted by atomic mass is 16.6. The summed E-state index contributed by atoms with van der Waals surface area (Å²) in [6.07, 6.45) is 1.07. The second-order valence-corrected chi connectivity index (χ2v) is 4.14. The molecule has 4 nitrogen and oxygen atoms in total. The highest BCUT2D eigenvalue weighted by molar-refractivity contribution is 5.91. The molecule has 0 aliphatic heterocycles. The van der Waals surface area contributed by atoms with Gasteiger partial charge in [-0.05, 0) is 40.7 Å². The van der Waals surface area contributed by atoms with E-state index in [-0.39, 0.29) is 0 Å². The zero-order valence-corrected chi connectivity index (χ0v) is 9.39. The zero-order chi connectivity index (χ0) is 11.4. The fourth-order valence-corrected chi connectivity index (χ4v) is 0.825. The molecular formula is C10H18N2O2. The molecule has 0 atom stereocenters. The number of ether oxygens (including phenoxy) is 1. The molecule has 0 saturated heterocycles. The fraction of sp³-hybridized carbons (Fsp3) is 0.600. The first-order chi connectivity index (χ1) is 6.20. The average Bonchev–Trinajstić information content (AvgIpc) is 1.77. The summed E-state index contributed by atoms with van der Waals surface area (Å²) in [6.45, 7) is 8.75. The number of amides is 1. The van der Waals surface area contributed by atoms with E-state index < -0.39 is 11.7 Å². The summed E-state index contributed by atoms with van der Waals surface area (Å²) in [6, 6.07) is 0. The number of nitrogens with one attached hydrogen (secondary N) is 2. The highest BCUT2D eigenvalue weighted by Gasteiger charge is 2.15. The number of alkyl carbamates (subject to hydrolysis) is 1. The Kier molecular flexibility index (Phi) is 4.34. The quantitative estimate of drug-likeness (QED) is 0.669. The van der Waals surface area contributed by atoms with Gasteiger partial charge in [-0.25, -0.2) is 4.79 Å². The number of rotatable bonds is 2. The van der Waals surface area contributed by atoms with Crippen molar-refractivity contribution < 1.29 is 9.53 Å². The Morgan fingerprint density at radius 2 is 1.86 bits per heavy atom. The second-order valence-electron chi connectivity index (χ2n) is 4.14. The Labute approximate surface area is 84.8 Å². The SMILES string of the molecule is CC(=N)/C=C(\C)NC(=O)OC(C)(C)C. The van der Waals surface area contributed by atoms with Gasteiger partial charge in [0, 0.05) is 11.4 Å². The number of hydrogen-bond acceptors (Lipinski definition) is 3. The van der Waals surface area contributed by atoms with Crippen molar-refractivity contribution in [2.45, 2.75) is 40.2 Å². The molecule has 0 aromatic heterocycles. The van der Waals surface area contributed by atoms with Crippen molar-refractivity contribution in [1.29, 1.82) is 5.41 Å². The van der Waals surface area contributed by atoms with Gasteiger partial charge >= 0.3 is 6.09 Å². The monoisotopic (exact) mass is 198 g/mol. The van der Waals surface area contributed by atoms with Crippen LogP contribution in [0.2, 0.25) is 0 Å². The van der Waals surface area contributed by atoms with Gasteiger partial charge in [-0.2, -0.15) is 0 Å². The maximum Gasteiger partial charge on any atom is 0.411 e. The van der Waals surface area contributed by atoms with Crippen LogP contribution in [0.3, 0.4) is 0 Å². The van der Waals surface area contributed by atoms with E-state index in [0.717, 1.165) is 0 Å². The van der Waals surface area contributed by atoms with Gasteiger partial charge in [0.25, 0.3) is 0 Å². The van der Waals surface area contributed by atoms with E-state index in [2.05, 4.69) is 5.32 Å². The van der Waals surface area contributed by atoms with Gasteiger partial charge in [-0.15, -0.1) is 0 Å². The number of allylic oxidation sites excluding steroid dienone is 2. The minimum absolute atomic E-state index is 0.388. The minimum atomic E-state index is -0.496. The van der Waals surface area contributed by atoms with Gasteiger partial charge in [0.1, 0.15) is 5.60 Å². The molecule has 0 rings (SSSR count). The van der Waals surface area contributed by atoms with Crippen molar-refractivity contribution in [2.24, 2.45) is 0 Å². The lowest BCUT2D eigenvalue weighted by molar-refractivity contribution is 0.0546. The summed E-state index contributed by atoms with van der Waals surface area (Å²) < 4.78 is 5.03. The standard InChI is InChI=1S/C10H18N2O2/c1-7(11)6-8(2)12-9(13)14-10(3,4)5/h6,11H,1-5H3,(H,12,13)/b8-6+,11-7?. The summed E-state index contributed by atoms with van der Waals surface area (Å²) in [5.41, 5.74) is 0.495. The van der Waals surface area contributed by atoms with Crippen LogP contribution in [0.4, 0.5) is 4.79 Å². The molecule has 0 saturated carbocycles. The van der Waals surface area contributed by atoms with Crippen molar-refractivity contribution >= 4 is 11.8 Å². The van der Waals surface area contributed by atoms with E-state index in [0.29, 0.717) is 11.4 Å². The molecule has 0 spiro atoms. The van der Waals surface area contributed by atoms with E-state index in [1.54, 1.807) is 40.7 Å². The van der Waals surface area contributed by atoms with Gasteiger partial charge in [0.15, 0.2) is 0 Å². The third-order valence-corrected chi connectivity index (χ3v) is 1.13. The molecule has 1 amide bonds.